The lowest BCUT2D eigenvalue weighted by Gasteiger charge is -2.06. The lowest BCUT2D eigenvalue weighted by Crippen LogP contribution is -2.06. The molecule has 0 radical (unpaired) electrons. The molecule has 0 atom stereocenters. The van der Waals surface area contributed by atoms with Gasteiger partial charge in [0.15, 0.2) is 0 Å². The van der Waals surface area contributed by atoms with E-state index in [9.17, 15) is 19.2 Å². The Labute approximate surface area is 395 Å². The smallest absolute Gasteiger partial charge is 0.341 e. The summed E-state index contributed by atoms with van der Waals surface area (Å²) in [6.45, 7) is 7.89. The number of aryl methyl sites for hydroxylation is 2. The van der Waals surface area contributed by atoms with Crippen LogP contribution in [0, 0.1) is 13.8 Å². The molecule has 0 spiro atoms. The van der Waals surface area contributed by atoms with Crippen LogP contribution >= 0.6 is 69.4 Å². The number of nitrogens with zero attached hydrogens (tertiary/aromatic N) is 2. The monoisotopic (exact) mass is 960 g/mol. The van der Waals surface area contributed by atoms with E-state index in [-0.39, 0.29) is 24.8 Å². The number of thiophene rings is 2. The van der Waals surface area contributed by atoms with Crippen molar-refractivity contribution in [2.24, 2.45) is 0 Å². The Morgan fingerprint density at radius 2 is 0.938 bits per heavy atom. The topological polar surface area (TPSA) is 95.6 Å². The summed E-state index contributed by atoms with van der Waals surface area (Å²) in [6.07, 6.45) is 3.89. The number of benzene rings is 3. The maximum absolute atomic E-state index is 14.2. The molecule has 14 heteroatoms. The Hall–Kier alpha value is -5.34. The molecule has 9 rings (SSSR count). The Balaban J connectivity index is 1.03. The largest absolute Gasteiger partial charge is 0.462 e. The zero-order chi connectivity index (χ0) is 44.8. The number of thioether (sulfide) groups is 2. The van der Waals surface area contributed by atoms with Crippen LogP contribution in [-0.2, 0) is 21.0 Å². The van der Waals surface area contributed by atoms with Gasteiger partial charge in [-0.1, -0.05) is 47.5 Å². The van der Waals surface area contributed by atoms with Crippen molar-refractivity contribution >= 4 is 126 Å². The summed E-state index contributed by atoms with van der Waals surface area (Å²) in [5.41, 5.74) is 8.82. The maximum atomic E-state index is 14.2. The second-order valence-electron chi connectivity index (χ2n) is 15.1. The van der Waals surface area contributed by atoms with Crippen LogP contribution in [0.3, 0.4) is 0 Å². The summed E-state index contributed by atoms with van der Waals surface area (Å²) in [5, 5.41) is 2.23. The number of halogens is 2. The van der Waals surface area contributed by atoms with Crippen LogP contribution in [0.1, 0.15) is 87.3 Å². The number of aromatic nitrogens is 2. The molecule has 0 saturated carbocycles. The van der Waals surface area contributed by atoms with Crippen LogP contribution in [0.25, 0.3) is 32.8 Å². The molecule has 6 aromatic heterocycles. The summed E-state index contributed by atoms with van der Waals surface area (Å²) in [7, 11) is 0. The highest BCUT2D eigenvalue weighted by Gasteiger charge is 2.32. The molecule has 0 unspecified atom stereocenters. The third-order valence-electron chi connectivity index (χ3n) is 10.8. The van der Waals surface area contributed by atoms with Crippen LogP contribution in [0.2, 0.25) is 10.0 Å². The maximum Gasteiger partial charge on any atom is 0.341 e. The first-order valence-corrected chi connectivity index (χ1v) is 24.7. The fourth-order valence-corrected chi connectivity index (χ4v) is 13.0. The molecule has 0 amide bonds. The highest BCUT2D eigenvalue weighted by atomic mass is 35.5. The van der Waals surface area contributed by atoms with Crippen molar-refractivity contribution in [3.63, 3.8) is 0 Å². The molecule has 64 heavy (non-hydrogen) atoms. The zero-order valence-corrected chi connectivity index (χ0v) is 39.7. The predicted octanol–water partition coefficient (Wildman–Crippen LogP) is 13.9. The van der Waals surface area contributed by atoms with E-state index in [1.165, 1.54) is 22.7 Å². The van der Waals surface area contributed by atoms with E-state index in [1.54, 1.807) is 85.9 Å². The normalized spacial score (nSPS) is 11.6. The second-order valence-corrected chi connectivity index (χ2v) is 20.5. The Morgan fingerprint density at radius 3 is 1.30 bits per heavy atom. The van der Waals surface area contributed by atoms with Gasteiger partial charge in [0.1, 0.15) is 0 Å². The fraction of sp³-hybridized carbons (Fsp3) is 0.160. The van der Waals surface area contributed by atoms with Gasteiger partial charge in [0.2, 0.25) is 11.6 Å². The van der Waals surface area contributed by atoms with Gasteiger partial charge in [-0.05, 0) is 123 Å². The van der Waals surface area contributed by atoms with Gasteiger partial charge in [-0.15, -0.1) is 46.2 Å². The van der Waals surface area contributed by atoms with Gasteiger partial charge >= 0.3 is 11.9 Å². The highest BCUT2D eigenvalue weighted by Crippen LogP contribution is 2.47. The van der Waals surface area contributed by atoms with Crippen LogP contribution in [-0.4, -0.2) is 45.5 Å². The summed E-state index contributed by atoms with van der Waals surface area (Å²) < 4.78 is 16.9. The van der Waals surface area contributed by atoms with Gasteiger partial charge in [-0.3, -0.25) is 9.59 Å². The van der Waals surface area contributed by atoms with Gasteiger partial charge in [-0.2, -0.15) is 0 Å². The number of fused-ring (bicyclic) bond motifs is 6. The molecule has 0 fully saturated rings. The molecule has 9 aromatic rings. The molecule has 0 bridgehead atoms. The average molecular weight is 962 g/mol. The van der Waals surface area contributed by atoms with Crippen molar-refractivity contribution in [2.75, 3.05) is 13.2 Å². The minimum absolute atomic E-state index is 0.191. The number of hydrogen-bond donors (Lipinski definition) is 0. The molecule has 0 N–H and O–H groups in total. The summed E-state index contributed by atoms with van der Waals surface area (Å²) in [4.78, 5) is 56.6. The quantitative estimate of drug-likeness (QED) is 0.0604. The van der Waals surface area contributed by atoms with Gasteiger partial charge in [0.25, 0.3) is 0 Å². The fourth-order valence-electron chi connectivity index (χ4n) is 7.78. The molecule has 3 aromatic carbocycles. The molecular formula is C50H38Cl2N2O6S4. The van der Waals surface area contributed by atoms with E-state index in [0.29, 0.717) is 75.4 Å². The lowest BCUT2D eigenvalue weighted by molar-refractivity contribution is 0.0521. The molecule has 0 aliphatic rings. The second kappa shape index (κ2) is 18.3. The van der Waals surface area contributed by atoms with Crippen molar-refractivity contribution < 1.29 is 28.7 Å². The highest BCUT2D eigenvalue weighted by molar-refractivity contribution is 8.01. The third kappa shape index (κ3) is 8.16. The van der Waals surface area contributed by atoms with Crippen LogP contribution in [0.15, 0.2) is 118 Å². The molecule has 6 heterocycles. The molecule has 0 aliphatic heterocycles. The van der Waals surface area contributed by atoms with Gasteiger partial charge in [0, 0.05) is 55.8 Å². The Bertz CT molecular complexity index is 3090. The number of pyridine rings is 2. The number of esters is 2. The van der Waals surface area contributed by atoms with Crippen molar-refractivity contribution in [3.8, 4) is 0 Å². The standard InChI is InChI=1S/C50H38Cl2N2O6S4/c1-5-59-47(57)37-35-23-27(3)19-21-53(35)41-39(37)45(43(55)31-11-15-33(51)16-12-31)63-49(41)61-25-29-7-9-30(10-8-29)26-62-50-42-40(46(64-50)44(56)32-13-17-34(52)18-14-32)38(48(58)60-6-2)36-24-28(4)20-22-54(36)42/h7-24H,5-6,25-26H2,1-4H3. The van der Waals surface area contributed by atoms with E-state index in [4.69, 9.17) is 32.7 Å². The zero-order valence-electron chi connectivity index (χ0n) is 35.0. The SMILES string of the molecule is CCOC(=O)c1c2c(C(=O)c3ccc(Cl)cc3)sc(SCc3ccc(CSc4sc(C(=O)c5ccc(Cl)cc5)c5c(C(=O)OCC)c6cc(C)ccn6c45)cc3)c2n2ccc(C)cc12. The number of rotatable bonds is 14. The first kappa shape index (κ1) is 43.9. The average Bonchev–Trinajstić information content (AvgIpc) is 4.03. The summed E-state index contributed by atoms with van der Waals surface area (Å²) >= 11 is 18.4. The molecule has 8 nitrogen and oxygen atoms in total. The van der Waals surface area contributed by atoms with Gasteiger partial charge in [0.05, 0.1) is 64.6 Å². The van der Waals surface area contributed by atoms with E-state index < -0.39 is 11.9 Å². The van der Waals surface area contributed by atoms with E-state index in [0.717, 1.165) is 41.7 Å². The first-order valence-electron chi connectivity index (χ1n) is 20.4. The number of carbonyl (C=O) groups is 4. The Morgan fingerprint density at radius 1 is 0.562 bits per heavy atom. The van der Waals surface area contributed by atoms with Crippen LogP contribution in [0.5, 0.6) is 0 Å². The molecule has 0 aliphatic carbocycles. The number of hydrogen-bond acceptors (Lipinski definition) is 10. The third-order valence-corrected chi connectivity index (χ3v) is 16.3. The summed E-state index contributed by atoms with van der Waals surface area (Å²) in [6, 6.07) is 29.9. The lowest BCUT2D eigenvalue weighted by atomic mass is 10.1. The number of ketones is 2. The van der Waals surface area contributed by atoms with Crippen LogP contribution < -0.4 is 0 Å². The van der Waals surface area contributed by atoms with E-state index in [1.807, 2.05) is 59.3 Å². The number of carbonyl (C=O) groups excluding carboxylic acids is 4. The van der Waals surface area contributed by atoms with Crippen molar-refractivity contribution in [1.82, 2.24) is 8.80 Å². The predicted molar refractivity (Wildman–Crippen MR) is 262 cm³/mol. The van der Waals surface area contributed by atoms with Crippen LogP contribution in [0.4, 0.5) is 0 Å². The van der Waals surface area contributed by atoms with Crippen molar-refractivity contribution in [1.29, 1.82) is 0 Å². The van der Waals surface area contributed by atoms with E-state index >= 15 is 0 Å². The molecular weight excluding hydrogens is 924 g/mol. The van der Waals surface area contributed by atoms with E-state index in [2.05, 4.69) is 24.3 Å². The van der Waals surface area contributed by atoms with Gasteiger partial charge < -0.3 is 18.3 Å². The summed E-state index contributed by atoms with van der Waals surface area (Å²) in [5.74, 6) is -0.104. The molecule has 322 valence electrons. The van der Waals surface area contributed by atoms with Crippen molar-refractivity contribution in [2.45, 2.75) is 47.6 Å². The Kier molecular flexibility index (Phi) is 12.5. The van der Waals surface area contributed by atoms with Crippen molar-refractivity contribution in [3.05, 3.63) is 174 Å². The van der Waals surface area contributed by atoms with Gasteiger partial charge in [-0.25, -0.2) is 9.59 Å². The minimum Gasteiger partial charge on any atom is -0.462 e. The molecule has 0 saturated heterocycles. The minimum atomic E-state index is -0.471. The first-order chi connectivity index (χ1) is 30.9. The number of ether oxygens (including phenoxy) is 2.